The van der Waals surface area contributed by atoms with Crippen molar-refractivity contribution in [1.29, 1.82) is 0 Å². The second kappa shape index (κ2) is 11.4. The molecule has 2 saturated heterocycles. The predicted octanol–water partition coefficient (Wildman–Crippen LogP) is 5.07. The first-order valence-electron chi connectivity index (χ1n) is 11.7. The summed E-state index contributed by atoms with van der Waals surface area (Å²) in [6.07, 6.45) is 12.8. The van der Waals surface area contributed by atoms with E-state index in [0.29, 0.717) is 30.6 Å². The van der Waals surface area contributed by atoms with Crippen LogP contribution >= 0.6 is 0 Å². The lowest BCUT2D eigenvalue weighted by Crippen LogP contribution is -2.20. The summed E-state index contributed by atoms with van der Waals surface area (Å²) in [6, 6.07) is 7.93. The van der Waals surface area contributed by atoms with Crippen molar-refractivity contribution in [2.24, 2.45) is 5.92 Å². The summed E-state index contributed by atoms with van der Waals surface area (Å²) in [5.41, 5.74) is 0.961. The smallest absolute Gasteiger partial charge is 0.159 e. The number of unbranched alkanes of at least 4 members (excludes halogenated alkanes) is 5. The molecule has 6 heteroatoms. The zero-order chi connectivity index (χ0) is 21.3. The second-order valence-corrected chi connectivity index (χ2v) is 8.52. The molecule has 4 rings (SSSR count). The Bertz CT molecular complexity index is 773. The van der Waals surface area contributed by atoms with E-state index >= 15 is 0 Å². The summed E-state index contributed by atoms with van der Waals surface area (Å²) in [5.74, 6) is 2.67. The predicted molar refractivity (Wildman–Crippen MR) is 119 cm³/mol. The molecule has 2 aromatic rings. The average molecular weight is 427 g/mol. The van der Waals surface area contributed by atoms with Crippen LogP contribution in [-0.4, -0.2) is 48.6 Å². The molecule has 0 bridgehead atoms. The maximum atomic E-state index is 6.00. The van der Waals surface area contributed by atoms with Gasteiger partial charge in [0.1, 0.15) is 5.75 Å². The van der Waals surface area contributed by atoms with E-state index in [1.807, 2.05) is 24.3 Å². The van der Waals surface area contributed by atoms with E-state index in [1.165, 1.54) is 32.1 Å². The molecule has 0 aliphatic carbocycles. The number of epoxide rings is 2. The first-order chi connectivity index (χ1) is 15.3. The largest absolute Gasteiger partial charge is 0.493 e. The van der Waals surface area contributed by atoms with Gasteiger partial charge in [-0.2, -0.15) is 0 Å². The number of hydrogen-bond donors (Lipinski definition) is 0. The van der Waals surface area contributed by atoms with Crippen molar-refractivity contribution in [1.82, 2.24) is 9.97 Å². The number of nitrogens with zero attached hydrogens (tertiary/aromatic N) is 2. The third-order valence-corrected chi connectivity index (χ3v) is 5.82. The highest BCUT2D eigenvalue weighted by Crippen LogP contribution is 2.30. The van der Waals surface area contributed by atoms with Crippen LogP contribution in [0.5, 0.6) is 11.5 Å². The lowest BCUT2D eigenvalue weighted by atomic mass is 10.0. The number of ether oxygens (including phenoxy) is 4. The molecule has 168 valence electrons. The van der Waals surface area contributed by atoms with Crippen molar-refractivity contribution >= 4 is 0 Å². The van der Waals surface area contributed by atoms with Gasteiger partial charge in [-0.25, -0.2) is 9.97 Å². The summed E-state index contributed by atoms with van der Waals surface area (Å²) < 4.78 is 22.6. The minimum atomic E-state index is 0.332. The molecule has 0 saturated carbocycles. The molecule has 1 aromatic heterocycles. The van der Waals surface area contributed by atoms with Crippen LogP contribution < -0.4 is 9.47 Å². The average Bonchev–Trinajstić information content (AvgIpc) is 3.71. The van der Waals surface area contributed by atoms with Crippen LogP contribution in [0.1, 0.15) is 51.9 Å². The van der Waals surface area contributed by atoms with Gasteiger partial charge in [-0.05, 0) is 37.1 Å². The Labute approximate surface area is 185 Å². The van der Waals surface area contributed by atoms with Crippen molar-refractivity contribution < 1.29 is 18.9 Å². The fraction of sp³-hybridized carbons (Fsp3) is 0.600. The minimum absolute atomic E-state index is 0.332. The van der Waals surface area contributed by atoms with E-state index in [9.17, 15) is 0 Å². The topological polar surface area (TPSA) is 69.3 Å². The zero-order valence-electron chi connectivity index (χ0n) is 18.5. The molecule has 31 heavy (non-hydrogen) atoms. The molecule has 3 atom stereocenters. The van der Waals surface area contributed by atoms with E-state index in [4.69, 9.17) is 18.9 Å². The van der Waals surface area contributed by atoms with E-state index in [0.717, 1.165) is 49.7 Å². The van der Waals surface area contributed by atoms with E-state index < -0.39 is 0 Å². The maximum absolute atomic E-state index is 6.00. The number of aromatic nitrogens is 2. The summed E-state index contributed by atoms with van der Waals surface area (Å²) in [6.45, 7) is 5.34. The highest BCUT2D eigenvalue weighted by Gasteiger charge is 2.38. The highest BCUT2D eigenvalue weighted by molar-refractivity contribution is 5.56. The first-order valence-corrected chi connectivity index (χ1v) is 11.7. The Morgan fingerprint density at radius 1 is 0.903 bits per heavy atom. The molecule has 1 aromatic carbocycles. The summed E-state index contributed by atoms with van der Waals surface area (Å²) in [5, 5.41) is 0. The van der Waals surface area contributed by atoms with Gasteiger partial charge in [-0.15, -0.1) is 0 Å². The Morgan fingerprint density at radius 2 is 1.61 bits per heavy atom. The van der Waals surface area contributed by atoms with Crippen LogP contribution in [0.25, 0.3) is 11.4 Å². The monoisotopic (exact) mass is 426 g/mol. The van der Waals surface area contributed by atoms with E-state index in [2.05, 4.69) is 16.9 Å². The number of benzene rings is 1. The van der Waals surface area contributed by atoms with Crippen LogP contribution in [0, 0.1) is 5.92 Å². The normalized spacial score (nSPS) is 20.3. The van der Waals surface area contributed by atoms with Gasteiger partial charge < -0.3 is 18.9 Å². The molecule has 0 radical (unpaired) electrons. The molecule has 2 fully saturated rings. The second-order valence-electron chi connectivity index (χ2n) is 8.52. The third-order valence-electron chi connectivity index (χ3n) is 5.82. The van der Waals surface area contributed by atoms with Crippen LogP contribution in [-0.2, 0) is 9.47 Å². The van der Waals surface area contributed by atoms with Gasteiger partial charge in [0, 0.05) is 11.5 Å². The minimum Gasteiger partial charge on any atom is -0.493 e. The molecule has 0 N–H and O–H groups in total. The van der Waals surface area contributed by atoms with Gasteiger partial charge in [-0.1, -0.05) is 39.0 Å². The fourth-order valence-corrected chi connectivity index (χ4v) is 3.71. The van der Waals surface area contributed by atoms with E-state index in [-0.39, 0.29) is 0 Å². The molecule has 3 unspecified atom stereocenters. The molecular weight excluding hydrogens is 392 g/mol. The Morgan fingerprint density at radius 3 is 2.29 bits per heavy atom. The summed E-state index contributed by atoms with van der Waals surface area (Å²) in [4.78, 5) is 8.91. The van der Waals surface area contributed by atoms with Gasteiger partial charge in [-0.3, -0.25) is 0 Å². The van der Waals surface area contributed by atoms with Gasteiger partial charge in [0.05, 0.1) is 51.0 Å². The third kappa shape index (κ3) is 7.47. The molecular formula is C25H34N2O4. The first kappa shape index (κ1) is 22.0. The fourth-order valence-electron chi connectivity index (χ4n) is 3.71. The van der Waals surface area contributed by atoms with Gasteiger partial charge in [0.2, 0.25) is 0 Å². The van der Waals surface area contributed by atoms with Gasteiger partial charge >= 0.3 is 0 Å². The molecule has 0 amide bonds. The van der Waals surface area contributed by atoms with Crippen LogP contribution in [0.2, 0.25) is 0 Å². The van der Waals surface area contributed by atoms with E-state index in [1.54, 1.807) is 12.4 Å². The Kier molecular flexibility index (Phi) is 8.13. The van der Waals surface area contributed by atoms with Crippen molar-refractivity contribution in [3.63, 3.8) is 0 Å². The van der Waals surface area contributed by atoms with Gasteiger partial charge in [0.25, 0.3) is 0 Å². The van der Waals surface area contributed by atoms with Crippen LogP contribution in [0.4, 0.5) is 0 Å². The molecule has 3 heterocycles. The van der Waals surface area contributed by atoms with Crippen LogP contribution in [0.3, 0.4) is 0 Å². The maximum Gasteiger partial charge on any atom is 0.159 e. The van der Waals surface area contributed by atoms with Crippen molar-refractivity contribution in [3.8, 4) is 22.9 Å². The standard InChI is InChI=1S/C25H34N2O4/c1-2-3-4-5-6-7-12-28-23-14-26-25(27-15-23)19-8-10-21(11-9-19)29-16-20(24-18-31-24)13-22-17-30-22/h8-11,14-15,20,22,24H,2-7,12-13,16-18H2,1H3. The molecule has 0 spiro atoms. The number of rotatable bonds is 15. The highest BCUT2D eigenvalue weighted by atomic mass is 16.6. The van der Waals surface area contributed by atoms with Crippen molar-refractivity contribution in [3.05, 3.63) is 36.7 Å². The van der Waals surface area contributed by atoms with Crippen LogP contribution in [0.15, 0.2) is 36.7 Å². The summed E-state index contributed by atoms with van der Waals surface area (Å²) >= 11 is 0. The molecule has 2 aliphatic heterocycles. The van der Waals surface area contributed by atoms with Gasteiger partial charge in [0.15, 0.2) is 11.6 Å². The Hall–Kier alpha value is -2.18. The quantitative estimate of drug-likeness (QED) is 0.293. The lowest BCUT2D eigenvalue weighted by molar-refractivity contribution is 0.190. The lowest BCUT2D eigenvalue weighted by Gasteiger charge is -2.14. The summed E-state index contributed by atoms with van der Waals surface area (Å²) in [7, 11) is 0. The van der Waals surface area contributed by atoms with Crippen molar-refractivity contribution in [2.45, 2.75) is 64.1 Å². The Balaban J connectivity index is 1.19. The van der Waals surface area contributed by atoms with Crippen molar-refractivity contribution in [2.75, 3.05) is 26.4 Å². The molecule has 6 nitrogen and oxygen atoms in total. The number of hydrogen-bond acceptors (Lipinski definition) is 6. The SMILES string of the molecule is CCCCCCCCOc1cnc(-c2ccc(OCC(CC3CO3)C3CO3)cc2)nc1. The molecule has 2 aliphatic rings. The zero-order valence-corrected chi connectivity index (χ0v) is 18.5.